The van der Waals surface area contributed by atoms with Crippen LogP contribution in [0.25, 0.3) is 0 Å². The van der Waals surface area contributed by atoms with Crippen molar-refractivity contribution in [3.05, 3.63) is 29.8 Å². The van der Waals surface area contributed by atoms with Crippen LogP contribution < -0.4 is 17.0 Å². The highest BCUT2D eigenvalue weighted by Crippen LogP contribution is 2.07. The fraction of sp³-hybridized carbons (Fsp3) is 0.125. The highest BCUT2D eigenvalue weighted by Gasteiger charge is 1.96. The van der Waals surface area contributed by atoms with Gasteiger partial charge in [-0.1, -0.05) is 12.1 Å². The first kappa shape index (κ1) is 11.7. The van der Waals surface area contributed by atoms with Gasteiger partial charge in [-0.05, 0) is 17.7 Å². The number of nitrogens with two attached hydrogens (primary N) is 2. The summed E-state index contributed by atoms with van der Waals surface area (Å²) in [7, 11) is 0. The molecule has 0 heterocycles. The third-order valence-corrected chi connectivity index (χ3v) is 1.50. The minimum absolute atomic E-state index is 0. The van der Waals surface area contributed by atoms with E-state index in [1.165, 1.54) is 0 Å². The predicted molar refractivity (Wildman–Crippen MR) is 54.4 cm³/mol. The quantitative estimate of drug-likeness (QED) is 0.490. The first-order valence-electron chi connectivity index (χ1n) is 3.56. The van der Waals surface area contributed by atoms with Crippen molar-refractivity contribution in [3.63, 3.8) is 0 Å². The summed E-state index contributed by atoms with van der Waals surface area (Å²) in [6.07, 6.45) is 0.269. The number of carbonyl (C=O) groups is 1. The number of amides is 1. The third-order valence-electron chi connectivity index (χ3n) is 1.50. The first-order valence-corrected chi connectivity index (χ1v) is 3.56. The van der Waals surface area contributed by atoms with Crippen LogP contribution in [-0.4, -0.2) is 5.91 Å². The molecule has 0 radical (unpaired) electrons. The summed E-state index contributed by atoms with van der Waals surface area (Å²) in [5, 5.41) is 0. The summed E-state index contributed by atoms with van der Waals surface area (Å²) in [6, 6.07) is 7.19. The summed E-state index contributed by atoms with van der Waals surface area (Å²) in [6.45, 7) is 0. The van der Waals surface area contributed by atoms with Crippen molar-refractivity contribution in [2.24, 2.45) is 11.6 Å². The SMILES string of the molecule is Cl.NNc1ccc(CC(N)=O)cc1. The maximum absolute atomic E-state index is 10.5. The van der Waals surface area contributed by atoms with Gasteiger partial charge in [0.05, 0.1) is 6.42 Å². The number of anilines is 1. The van der Waals surface area contributed by atoms with E-state index in [2.05, 4.69) is 5.43 Å². The van der Waals surface area contributed by atoms with Crippen LogP contribution in [0.15, 0.2) is 24.3 Å². The average Bonchev–Trinajstić information content (AvgIpc) is 2.05. The van der Waals surface area contributed by atoms with Crippen molar-refractivity contribution in [1.82, 2.24) is 0 Å². The number of hydrogen-bond donors (Lipinski definition) is 3. The van der Waals surface area contributed by atoms with Gasteiger partial charge in [0, 0.05) is 5.69 Å². The van der Waals surface area contributed by atoms with Gasteiger partial charge >= 0.3 is 0 Å². The van der Waals surface area contributed by atoms with Crippen LogP contribution in [0.2, 0.25) is 0 Å². The standard InChI is InChI=1S/C8H11N3O.ClH/c9-8(12)5-6-1-3-7(11-10)4-2-6;/h1-4,11H,5,10H2,(H2,9,12);1H. The summed E-state index contributed by atoms with van der Waals surface area (Å²) in [5.74, 6) is 4.83. The Morgan fingerprint density at radius 3 is 2.23 bits per heavy atom. The molecule has 0 saturated carbocycles. The molecule has 0 bridgehead atoms. The number of benzene rings is 1. The van der Waals surface area contributed by atoms with E-state index in [0.717, 1.165) is 11.3 Å². The molecule has 0 unspecified atom stereocenters. The van der Waals surface area contributed by atoms with Gasteiger partial charge in [-0.15, -0.1) is 12.4 Å². The van der Waals surface area contributed by atoms with E-state index in [1.807, 2.05) is 0 Å². The molecule has 5 heteroatoms. The van der Waals surface area contributed by atoms with E-state index in [-0.39, 0.29) is 24.7 Å². The van der Waals surface area contributed by atoms with Gasteiger partial charge in [-0.2, -0.15) is 0 Å². The minimum atomic E-state index is -0.330. The molecule has 0 aliphatic carbocycles. The molecule has 72 valence electrons. The lowest BCUT2D eigenvalue weighted by atomic mass is 10.1. The van der Waals surface area contributed by atoms with Gasteiger partial charge < -0.3 is 11.2 Å². The smallest absolute Gasteiger partial charge is 0.221 e. The molecular formula is C8H12ClN3O. The van der Waals surface area contributed by atoms with Crippen molar-refractivity contribution < 1.29 is 4.79 Å². The lowest BCUT2D eigenvalue weighted by molar-refractivity contribution is -0.117. The summed E-state index contributed by atoms with van der Waals surface area (Å²) >= 11 is 0. The zero-order valence-electron chi connectivity index (χ0n) is 6.99. The number of primary amides is 1. The normalized spacial score (nSPS) is 8.69. The molecule has 4 nitrogen and oxygen atoms in total. The maximum Gasteiger partial charge on any atom is 0.221 e. The van der Waals surface area contributed by atoms with Gasteiger partial charge in [0.25, 0.3) is 0 Å². The van der Waals surface area contributed by atoms with E-state index in [4.69, 9.17) is 11.6 Å². The Bertz CT molecular complexity index is 273. The zero-order valence-corrected chi connectivity index (χ0v) is 7.80. The molecule has 1 rings (SSSR count). The van der Waals surface area contributed by atoms with Gasteiger partial charge in [0.2, 0.25) is 5.91 Å². The molecule has 0 atom stereocenters. The molecule has 0 spiro atoms. The second-order valence-corrected chi connectivity index (χ2v) is 2.48. The Kier molecular flexibility index (Phi) is 4.87. The molecule has 1 amide bonds. The number of nitrogen functional groups attached to an aromatic ring is 1. The Hall–Kier alpha value is -1.26. The highest BCUT2D eigenvalue weighted by molar-refractivity contribution is 5.85. The van der Waals surface area contributed by atoms with E-state index < -0.39 is 0 Å². The van der Waals surface area contributed by atoms with Crippen molar-refractivity contribution in [1.29, 1.82) is 0 Å². The summed E-state index contributed by atoms with van der Waals surface area (Å²) in [5.41, 5.74) is 9.21. The van der Waals surface area contributed by atoms with Crippen LogP contribution in [0.1, 0.15) is 5.56 Å². The molecule has 13 heavy (non-hydrogen) atoms. The van der Waals surface area contributed by atoms with Crippen LogP contribution in [0.5, 0.6) is 0 Å². The van der Waals surface area contributed by atoms with Gasteiger partial charge in [0.15, 0.2) is 0 Å². The molecule has 1 aromatic carbocycles. The van der Waals surface area contributed by atoms with Crippen LogP contribution in [-0.2, 0) is 11.2 Å². The van der Waals surface area contributed by atoms with E-state index in [9.17, 15) is 4.79 Å². The van der Waals surface area contributed by atoms with E-state index in [1.54, 1.807) is 24.3 Å². The number of hydrogen-bond acceptors (Lipinski definition) is 3. The molecular weight excluding hydrogens is 190 g/mol. The van der Waals surface area contributed by atoms with Crippen LogP contribution >= 0.6 is 12.4 Å². The van der Waals surface area contributed by atoms with Gasteiger partial charge in [-0.3, -0.25) is 10.6 Å². The van der Waals surface area contributed by atoms with Crippen LogP contribution in [0.4, 0.5) is 5.69 Å². The second kappa shape index (κ2) is 5.40. The molecule has 0 saturated heterocycles. The van der Waals surface area contributed by atoms with E-state index >= 15 is 0 Å². The Morgan fingerprint density at radius 2 is 1.85 bits per heavy atom. The zero-order chi connectivity index (χ0) is 8.97. The number of hydrazine groups is 1. The topological polar surface area (TPSA) is 81.1 Å². The average molecular weight is 202 g/mol. The molecule has 5 N–H and O–H groups in total. The van der Waals surface area contributed by atoms with Crippen molar-refractivity contribution in [2.75, 3.05) is 5.43 Å². The number of nitrogens with one attached hydrogen (secondary N) is 1. The lowest BCUT2D eigenvalue weighted by Gasteiger charge is -2.00. The number of carbonyl (C=O) groups excluding carboxylic acids is 1. The highest BCUT2D eigenvalue weighted by atomic mass is 35.5. The van der Waals surface area contributed by atoms with Crippen molar-refractivity contribution in [3.8, 4) is 0 Å². The Morgan fingerprint density at radius 1 is 1.31 bits per heavy atom. The largest absolute Gasteiger partial charge is 0.369 e. The van der Waals surface area contributed by atoms with Crippen molar-refractivity contribution in [2.45, 2.75) is 6.42 Å². The first-order chi connectivity index (χ1) is 5.72. The van der Waals surface area contributed by atoms with Crippen LogP contribution in [0.3, 0.4) is 0 Å². The van der Waals surface area contributed by atoms with Gasteiger partial charge in [-0.25, -0.2) is 0 Å². The molecule has 0 fully saturated rings. The number of rotatable bonds is 3. The monoisotopic (exact) mass is 201 g/mol. The predicted octanol–water partition coefficient (Wildman–Crippen LogP) is 0.422. The Labute approximate surface area is 82.7 Å². The summed E-state index contributed by atoms with van der Waals surface area (Å²) in [4.78, 5) is 10.5. The fourth-order valence-electron chi connectivity index (χ4n) is 0.920. The molecule has 0 aliphatic heterocycles. The fourth-order valence-corrected chi connectivity index (χ4v) is 0.920. The van der Waals surface area contributed by atoms with E-state index in [0.29, 0.717) is 0 Å². The van der Waals surface area contributed by atoms with Gasteiger partial charge in [0.1, 0.15) is 0 Å². The molecule has 0 aliphatic rings. The second-order valence-electron chi connectivity index (χ2n) is 2.48. The number of halogens is 1. The minimum Gasteiger partial charge on any atom is -0.369 e. The van der Waals surface area contributed by atoms with Crippen molar-refractivity contribution >= 4 is 24.0 Å². The maximum atomic E-state index is 10.5. The third kappa shape index (κ3) is 3.78. The molecule has 1 aromatic rings. The molecule has 0 aromatic heterocycles. The van der Waals surface area contributed by atoms with Crippen LogP contribution in [0, 0.1) is 0 Å². The lowest BCUT2D eigenvalue weighted by Crippen LogP contribution is -2.13. The Balaban J connectivity index is 0.00000144. The summed E-state index contributed by atoms with van der Waals surface area (Å²) < 4.78 is 0.